The van der Waals surface area contributed by atoms with Crippen molar-refractivity contribution in [3.05, 3.63) is 30.1 Å². The Labute approximate surface area is 117 Å². The average molecular weight is 281 g/mol. The Bertz CT molecular complexity index is 440. The monoisotopic (exact) mass is 281 g/mol. The van der Waals surface area contributed by atoms with Crippen molar-refractivity contribution in [1.29, 1.82) is 0 Å². The quantitative estimate of drug-likeness (QED) is 0.510. The van der Waals surface area contributed by atoms with Gasteiger partial charge in [0.25, 0.3) is 0 Å². The summed E-state index contributed by atoms with van der Waals surface area (Å²) in [5.74, 6) is -0.715. The van der Waals surface area contributed by atoms with Crippen molar-refractivity contribution in [3.8, 4) is 5.75 Å². The van der Waals surface area contributed by atoms with Gasteiger partial charge in [0.2, 0.25) is 0 Å². The van der Waals surface area contributed by atoms with Crippen LogP contribution < -0.4 is 9.84 Å². The van der Waals surface area contributed by atoms with E-state index in [0.29, 0.717) is 18.8 Å². The lowest BCUT2D eigenvalue weighted by atomic mass is 10.0. The van der Waals surface area contributed by atoms with E-state index in [1.807, 2.05) is 0 Å². The predicted octanol–water partition coefficient (Wildman–Crippen LogP) is 1.67. The highest BCUT2D eigenvalue weighted by Crippen LogP contribution is 2.32. The van der Waals surface area contributed by atoms with Gasteiger partial charge in [-0.25, -0.2) is 4.39 Å². The maximum atomic E-state index is 12.7. The molecule has 1 unspecified atom stereocenters. The number of carbonyl (C=O) groups is 1. The van der Waals surface area contributed by atoms with Gasteiger partial charge in [-0.1, -0.05) is 19.3 Å². The smallest absolute Gasteiger partial charge is 0.131 e. The molecule has 1 heterocycles. The first-order chi connectivity index (χ1) is 9.62. The number of carboxylic acids is 1. The van der Waals surface area contributed by atoms with Gasteiger partial charge in [-0.2, -0.15) is 0 Å². The van der Waals surface area contributed by atoms with Crippen LogP contribution in [-0.2, 0) is 9.53 Å². The summed E-state index contributed by atoms with van der Waals surface area (Å²) in [4.78, 5) is 10.7. The Morgan fingerprint density at radius 3 is 2.50 bits per heavy atom. The highest BCUT2D eigenvalue weighted by atomic mass is 19.1. The highest BCUT2D eigenvalue weighted by molar-refractivity contribution is 5.78. The summed E-state index contributed by atoms with van der Waals surface area (Å²) in [6.45, 7) is 0.858. The minimum atomic E-state index is -1.10. The van der Waals surface area contributed by atoms with Crippen LogP contribution in [0, 0.1) is 5.82 Å². The summed E-state index contributed by atoms with van der Waals surface area (Å²) < 4.78 is 23.1. The Kier molecular flexibility index (Phi) is 4.95. The first kappa shape index (κ1) is 14.8. The number of unbranched alkanes of at least 4 members (excludes halogenated alkanes) is 3. The first-order valence-corrected chi connectivity index (χ1v) is 6.86. The average Bonchev–Trinajstić information content (AvgIpc) is 3.21. The maximum absolute atomic E-state index is 12.7. The number of hydrogen-bond donors (Lipinski definition) is 0. The molecule has 0 radical (unpaired) electrons. The lowest BCUT2D eigenvalue weighted by Gasteiger charge is -2.12. The lowest BCUT2D eigenvalue weighted by Crippen LogP contribution is -2.38. The minimum Gasteiger partial charge on any atom is -0.547 e. The van der Waals surface area contributed by atoms with Gasteiger partial charge in [0.1, 0.15) is 17.2 Å². The molecule has 1 fully saturated rings. The molecule has 0 amide bonds. The molecule has 0 spiro atoms. The molecule has 2 rings (SSSR count). The van der Waals surface area contributed by atoms with Crippen LogP contribution in [0.3, 0.4) is 0 Å². The van der Waals surface area contributed by atoms with Crippen LogP contribution in [0.1, 0.15) is 32.1 Å². The van der Waals surface area contributed by atoms with Gasteiger partial charge in [0.15, 0.2) is 0 Å². The van der Waals surface area contributed by atoms with E-state index < -0.39 is 11.6 Å². The van der Waals surface area contributed by atoms with E-state index in [-0.39, 0.29) is 12.4 Å². The van der Waals surface area contributed by atoms with Gasteiger partial charge < -0.3 is 19.4 Å². The molecule has 0 aromatic heterocycles. The summed E-state index contributed by atoms with van der Waals surface area (Å²) in [5, 5.41) is 10.7. The highest BCUT2D eigenvalue weighted by Gasteiger charge is 2.45. The van der Waals surface area contributed by atoms with E-state index >= 15 is 0 Å². The van der Waals surface area contributed by atoms with E-state index in [2.05, 4.69) is 0 Å². The topological polar surface area (TPSA) is 61.9 Å². The van der Waals surface area contributed by atoms with Gasteiger partial charge in [0, 0.05) is 0 Å². The third kappa shape index (κ3) is 4.20. The van der Waals surface area contributed by atoms with E-state index in [9.17, 15) is 14.3 Å². The van der Waals surface area contributed by atoms with E-state index in [0.717, 1.165) is 25.7 Å². The van der Waals surface area contributed by atoms with Crippen molar-refractivity contribution in [3.63, 3.8) is 0 Å². The molecule has 20 heavy (non-hydrogen) atoms. The molecule has 1 aliphatic rings. The zero-order chi connectivity index (χ0) is 14.4. The van der Waals surface area contributed by atoms with Gasteiger partial charge in [0.05, 0.1) is 19.2 Å². The zero-order valence-corrected chi connectivity index (χ0v) is 11.3. The molecule has 0 saturated carbocycles. The number of aliphatic carboxylic acids is 1. The van der Waals surface area contributed by atoms with Crippen LogP contribution in [0.15, 0.2) is 24.3 Å². The molecule has 4 nitrogen and oxygen atoms in total. The number of halogens is 1. The maximum Gasteiger partial charge on any atom is 0.131 e. The van der Waals surface area contributed by atoms with Crippen LogP contribution in [0.2, 0.25) is 0 Å². The molecule has 1 saturated heterocycles. The third-order valence-corrected chi connectivity index (χ3v) is 3.42. The fourth-order valence-corrected chi connectivity index (χ4v) is 2.04. The summed E-state index contributed by atoms with van der Waals surface area (Å²) in [6, 6.07) is 5.93. The molecular formula is C15H18FO4-. The molecule has 1 aromatic rings. The van der Waals surface area contributed by atoms with Crippen molar-refractivity contribution < 1.29 is 23.8 Å². The van der Waals surface area contributed by atoms with Crippen LogP contribution in [0.25, 0.3) is 0 Å². The normalized spacial score (nSPS) is 20.6. The number of rotatable bonds is 9. The Hall–Kier alpha value is -1.62. The second-order valence-electron chi connectivity index (χ2n) is 5.04. The van der Waals surface area contributed by atoms with Crippen molar-refractivity contribution in [2.24, 2.45) is 0 Å². The van der Waals surface area contributed by atoms with Gasteiger partial charge >= 0.3 is 0 Å². The Balaban J connectivity index is 1.50. The van der Waals surface area contributed by atoms with Crippen molar-refractivity contribution in [1.82, 2.24) is 0 Å². The number of carbonyl (C=O) groups excluding carboxylic acids is 1. The van der Waals surface area contributed by atoms with Gasteiger partial charge in [-0.3, -0.25) is 0 Å². The standard InChI is InChI=1S/C15H19FO4/c16-12-5-7-13(8-6-12)19-10-4-2-1-3-9-15(11-20-15)14(17)18/h5-8H,1-4,9-11H2,(H,17,18)/p-1. The molecule has 1 aromatic carbocycles. The van der Waals surface area contributed by atoms with Crippen LogP contribution in [0.4, 0.5) is 4.39 Å². The van der Waals surface area contributed by atoms with Crippen LogP contribution in [-0.4, -0.2) is 24.8 Å². The van der Waals surface area contributed by atoms with Gasteiger partial charge in [-0.05, 0) is 37.1 Å². The molecule has 0 N–H and O–H groups in total. The summed E-state index contributed by atoms with van der Waals surface area (Å²) in [6.07, 6.45) is 4.12. The fourth-order valence-electron chi connectivity index (χ4n) is 2.04. The second-order valence-corrected chi connectivity index (χ2v) is 5.04. The lowest BCUT2D eigenvalue weighted by molar-refractivity contribution is -0.312. The molecule has 110 valence electrons. The van der Waals surface area contributed by atoms with Crippen molar-refractivity contribution in [2.45, 2.75) is 37.7 Å². The summed E-state index contributed by atoms with van der Waals surface area (Å²) in [7, 11) is 0. The summed E-state index contributed by atoms with van der Waals surface area (Å²) in [5.41, 5.74) is -0.995. The van der Waals surface area contributed by atoms with E-state index in [1.165, 1.54) is 12.1 Å². The number of epoxide rings is 1. The number of hydrogen-bond acceptors (Lipinski definition) is 4. The molecule has 1 aliphatic heterocycles. The first-order valence-electron chi connectivity index (χ1n) is 6.86. The number of ether oxygens (including phenoxy) is 2. The fraction of sp³-hybridized carbons (Fsp3) is 0.533. The molecular weight excluding hydrogens is 263 g/mol. The van der Waals surface area contributed by atoms with Gasteiger partial charge in [-0.15, -0.1) is 0 Å². The molecule has 5 heteroatoms. The molecule has 1 atom stereocenters. The van der Waals surface area contributed by atoms with E-state index in [4.69, 9.17) is 9.47 Å². The van der Waals surface area contributed by atoms with Crippen molar-refractivity contribution in [2.75, 3.05) is 13.2 Å². The Morgan fingerprint density at radius 1 is 1.25 bits per heavy atom. The SMILES string of the molecule is O=C([O-])C1(CCCCCCOc2ccc(F)cc2)CO1. The van der Waals surface area contributed by atoms with Crippen molar-refractivity contribution >= 4 is 5.97 Å². The minimum absolute atomic E-state index is 0.276. The largest absolute Gasteiger partial charge is 0.547 e. The molecule has 0 aliphatic carbocycles. The Morgan fingerprint density at radius 2 is 1.90 bits per heavy atom. The number of carboxylic acid groups (broad SMARTS) is 1. The van der Waals surface area contributed by atoms with Crippen LogP contribution >= 0.6 is 0 Å². The predicted molar refractivity (Wildman–Crippen MR) is 68.7 cm³/mol. The zero-order valence-electron chi connectivity index (χ0n) is 11.3. The molecule has 0 bridgehead atoms. The second kappa shape index (κ2) is 6.70. The number of benzene rings is 1. The summed E-state index contributed by atoms with van der Waals surface area (Å²) >= 11 is 0. The van der Waals surface area contributed by atoms with E-state index in [1.54, 1.807) is 12.1 Å². The third-order valence-electron chi connectivity index (χ3n) is 3.42. The van der Waals surface area contributed by atoms with Crippen LogP contribution in [0.5, 0.6) is 5.75 Å².